The quantitative estimate of drug-likeness (QED) is 0.882. The van der Waals surface area contributed by atoms with E-state index in [1.165, 1.54) is 5.56 Å². The fraction of sp³-hybridized carbons (Fsp3) is 0.312. The molecule has 20 heavy (non-hydrogen) atoms. The van der Waals surface area contributed by atoms with Gasteiger partial charge < -0.3 is 10.2 Å². The first-order chi connectivity index (χ1) is 9.70. The maximum atomic E-state index is 6.14. The van der Waals surface area contributed by atoms with Crippen molar-refractivity contribution in [1.29, 1.82) is 0 Å². The molecule has 0 radical (unpaired) electrons. The Morgan fingerprint density at radius 1 is 1.25 bits per heavy atom. The lowest BCUT2D eigenvalue weighted by atomic mass is 10.1. The lowest BCUT2D eigenvalue weighted by Crippen LogP contribution is -2.21. The summed E-state index contributed by atoms with van der Waals surface area (Å²) in [6.45, 7) is 4.66. The van der Waals surface area contributed by atoms with Gasteiger partial charge in [-0.25, -0.2) is 0 Å². The molecule has 0 aliphatic heterocycles. The van der Waals surface area contributed by atoms with Crippen molar-refractivity contribution in [2.45, 2.75) is 20.0 Å². The Morgan fingerprint density at radius 3 is 2.80 bits per heavy atom. The van der Waals surface area contributed by atoms with Gasteiger partial charge >= 0.3 is 0 Å². The number of benzene rings is 1. The Morgan fingerprint density at radius 2 is 2.10 bits per heavy atom. The van der Waals surface area contributed by atoms with Gasteiger partial charge in [0.25, 0.3) is 0 Å². The first-order valence-electron chi connectivity index (χ1n) is 6.81. The summed E-state index contributed by atoms with van der Waals surface area (Å²) in [6.07, 6.45) is 1.82. The summed E-state index contributed by atoms with van der Waals surface area (Å²) in [4.78, 5) is 6.55. The molecule has 106 valence electrons. The van der Waals surface area contributed by atoms with Crippen LogP contribution in [0.25, 0.3) is 0 Å². The molecule has 0 saturated heterocycles. The fourth-order valence-corrected chi connectivity index (χ4v) is 2.29. The minimum Gasteiger partial charge on any atom is -0.368 e. The molecule has 4 heteroatoms. The number of hydrogen-bond acceptors (Lipinski definition) is 3. The minimum absolute atomic E-state index is 0.758. The Labute approximate surface area is 125 Å². The number of rotatable bonds is 6. The van der Waals surface area contributed by atoms with Crippen molar-refractivity contribution in [3.63, 3.8) is 0 Å². The predicted octanol–water partition coefficient (Wildman–Crippen LogP) is 3.48. The zero-order chi connectivity index (χ0) is 14.4. The standard InChI is InChI=1S/C16H20ClN3/c1-3-18-11-13-7-8-14(17)10-16(13)20(2)12-15-6-4-5-9-19-15/h4-10,18H,3,11-12H2,1-2H3. The lowest BCUT2D eigenvalue weighted by Gasteiger charge is -2.22. The first kappa shape index (κ1) is 14.8. The Balaban J connectivity index is 2.19. The molecule has 0 spiro atoms. The van der Waals surface area contributed by atoms with Crippen LogP contribution in [0, 0.1) is 0 Å². The van der Waals surface area contributed by atoms with Crippen molar-refractivity contribution in [2.24, 2.45) is 0 Å². The van der Waals surface area contributed by atoms with E-state index in [-0.39, 0.29) is 0 Å². The van der Waals surface area contributed by atoms with Crippen LogP contribution in [-0.2, 0) is 13.1 Å². The Bertz CT molecular complexity index is 543. The summed E-state index contributed by atoms with van der Waals surface area (Å²) in [5, 5.41) is 4.12. The molecule has 0 bridgehead atoms. The van der Waals surface area contributed by atoms with Crippen LogP contribution in [0.3, 0.4) is 0 Å². The van der Waals surface area contributed by atoms with Crippen LogP contribution in [0.5, 0.6) is 0 Å². The van der Waals surface area contributed by atoms with Gasteiger partial charge in [-0.1, -0.05) is 30.7 Å². The van der Waals surface area contributed by atoms with Crippen LogP contribution in [0.4, 0.5) is 5.69 Å². The van der Waals surface area contributed by atoms with E-state index in [9.17, 15) is 0 Å². The second-order valence-electron chi connectivity index (χ2n) is 4.73. The molecular formula is C16H20ClN3. The van der Waals surface area contributed by atoms with Gasteiger partial charge in [0.05, 0.1) is 12.2 Å². The average molecular weight is 290 g/mol. The summed E-state index contributed by atoms with van der Waals surface area (Å²) in [7, 11) is 2.07. The smallest absolute Gasteiger partial charge is 0.0598 e. The van der Waals surface area contributed by atoms with Crippen molar-refractivity contribution in [2.75, 3.05) is 18.5 Å². The number of nitrogens with zero attached hydrogens (tertiary/aromatic N) is 2. The predicted molar refractivity (Wildman–Crippen MR) is 85.2 cm³/mol. The highest BCUT2D eigenvalue weighted by Gasteiger charge is 2.09. The van der Waals surface area contributed by atoms with Crippen molar-refractivity contribution in [3.05, 3.63) is 58.9 Å². The normalized spacial score (nSPS) is 10.6. The summed E-state index contributed by atoms with van der Waals surface area (Å²) in [5.74, 6) is 0. The zero-order valence-electron chi connectivity index (χ0n) is 11.9. The van der Waals surface area contributed by atoms with Crippen LogP contribution < -0.4 is 10.2 Å². The highest BCUT2D eigenvalue weighted by molar-refractivity contribution is 6.30. The molecule has 1 N–H and O–H groups in total. The number of hydrogen-bond donors (Lipinski definition) is 1. The Kier molecular flexibility index (Phi) is 5.39. The summed E-state index contributed by atoms with van der Waals surface area (Å²) in [5.41, 5.74) is 3.43. The van der Waals surface area contributed by atoms with Gasteiger partial charge in [-0.2, -0.15) is 0 Å². The highest BCUT2D eigenvalue weighted by Crippen LogP contribution is 2.25. The second kappa shape index (κ2) is 7.27. The third-order valence-electron chi connectivity index (χ3n) is 3.15. The molecule has 2 aromatic rings. The number of aromatic nitrogens is 1. The van der Waals surface area contributed by atoms with Gasteiger partial charge in [0.2, 0.25) is 0 Å². The molecule has 0 saturated carbocycles. The summed E-state index contributed by atoms with van der Waals surface area (Å²) >= 11 is 6.14. The van der Waals surface area contributed by atoms with Crippen LogP contribution in [0.15, 0.2) is 42.6 Å². The topological polar surface area (TPSA) is 28.2 Å². The molecule has 0 aliphatic carbocycles. The third kappa shape index (κ3) is 3.95. The van der Waals surface area contributed by atoms with Crippen LogP contribution in [0.2, 0.25) is 5.02 Å². The molecule has 0 fully saturated rings. The van der Waals surface area contributed by atoms with E-state index in [1.807, 2.05) is 36.5 Å². The molecule has 0 unspecified atom stereocenters. The van der Waals surface area contributed by atoms with Crippen molar-refractivity contribution < 1.29 is 0 Å². The van der Waals surface area contributed by atoms with Gasteiger partial charge in [0, 0.05) is 30.5 Å². The minimum atomic E-state index is 0.758. The molecule has 0 aliphatic rings. The van der Waals surface area contributed by atoms with Crippen LogP contribution >= 0.6 is 11.6 Å². The Hall–Kier alpha value is -1.58. The molecule has 1 aromatic heterocycles. The number of pyridine rings is 1. The van der Waals surface area contributed by atoms with E-state index in [0.717, 1.165) is 36.0 Å². The number of halogens is 1. The van der Waals surface area contributed by atoms with Crippen molar-refractivity contribution >= 4 is 17.3 Å². The SMILES string of the molecule is CCNCc1ccc(Cl)cc1N(C)Cc1ccccn1. The largest absolute Gasteiger partial charge is 0.368 e. The van der Waals surface area contributed by atoms with E-state index in [1.54, 1.807) is 0 Å². The molecular weight excluding hydrogens is 270 g/mol. The van der Waals surface area contributed by atoms with E-state index in [0.29, 0.717) is 0 Å². The monoisotopic (exact) mass is 289 g/mol. The molecule has 0 amide bonds. The average Bonchev–Trinajstić information content (AvgIpc) is 2.47. The zero-order valence-corrected chi connectivity index (χ0v) is 12.7. The van der Waals surface area contributed by atoms with E-state index in [2.05, 4.69) is 35.2 Å². The summed E-state index contributed by atoms with van der Waals surface area (Å²) in [6, 6.07) is 12.0. The van der Waals surface area contributed by atoms with Gasteiger partial charge in [-0.05, 0) is 36.4 Å². The first-order valence-corrected chi connectivity index (χ1v) is 7.18. The summed E-state index contributed by atoms with van der Waals surface area (Å²) < 4.78 is 0. The van der Waals surface area contributed by atoms with Gasteiger partial charge in [-0.15, -0.1) is 0 Å². The molecule has 1 aromatic carbocycles. The molecule has 3 nitrogen and oxygen atoms in total. The lowest BCUT2D eigenvalue weighted by molar-refractivity contribution is 0.722. The number of nitrogens with one attached hydrogen (secondary N) is 1. The maximum absolute atomic E-state index is 6.14. The van der Waals surface area contributed by atoms with E-state index >= 15 is 0 Å². The van der Waals surface area contributed by atoms with Gasteiger partial charge in [-0.3, -0.25) is 4.98 Å². The van der Waals surface area contributed by atoms with Gasteiger partial charge in [0.1, 0.15) is 0 Å². The molecule has 1 heterocycles. The van der Waals surface area contributed by atoms with Crippen molar-refractivity contribution in [1.82, 2.24) is 10.3 Å². The van der Waals surface area contributed by atoms with Crippen LogP contribution in [-0.4, -0.2) is 18.6 Å². The third-order valence-corrected chi connectivity index (χ3v) is 3.38. The number of anilines is 1. The maximum Gasteiger partial charge on any atom is 0.0598 e. The highest BCUT2D eigenvalue weighted by atomic mass is 35.5. The van der Waals surface area contributed by atoms with Crippen molar-refractivity contribution in [3.8, 4) is 0 Å². The van der Waals surface area contributed by atoms with E-state index in [4.69, 9.17) is 11.6 Å². The fourth-order valence-electron chi connectivity index (χ4n) is 2.12. The molecule has 2 rings (SSSR count). The van der Waals surface area contributed by atoms with Gasteiger partial charge in [0.15, 0.2) is 0 Å². The van der Waals surface area contributed by atoms with E-state index < -0.39 is 0 Å². The molecule has 0 atom stereocenters. The second-order valence-corrected chi connectivity index (χ2v) is 5.17. The van der Waals surface area contributed by atoms with Crippen LogP contribution in [0.1, 0.15) is 18.2 Å².